The highest BCUT2D eigenvalue weighted by Gasteiger charge is 2.05. The molecule has 0 saturated carbocycles. The van der Waals surface area contributed by atoms with Gasteiger partial charge in [0.2, 0.25) is 0 Å². The number of hydrogen-bond donors (Lipinski definition) is 0. The van der Waals surface area contributed by atoms with E-state index in [0.717, 1.165) is 22.6 Å². The minimum atomic E-state index is 0.826. The molecule has 14 heavy (non-hydrogen) atoms. The topological polar surface area (TPSA) is 18.5 Å². The summed E-state index contributed by atoms with van der Waals surface area (Å²) >= 11 is 0. The molecule has 1 aromatic carbocycles. The standard InChI is InChI=1S/C12H16O2/c1-5-6-11-9(2)7-10(13-3)8-12(11)14-4/h5-8H,1-4H3/b6-5+. The minimum Gasteiger partial charge on any atom is -0.497 e. The number of ether oxygens (including phenoxy) is 2. The van der Waals surface area contributed by atoms with Crippen molar-refractivity contribution in [1.29, 1.82) is 0 Å². The summed E-state index contributed by atoms with van der Waals surface area (Å²) in [4.78, 5) is 0. The van der Waals surface area contributed by atoms with Gasteiger partial charge >= 0.3 is 0 Å². The van der Waals surface area contributed by atoms with Gasteiger partial charge in [-0.2, -0.15) is 0 Å². The van der Waals surface area contributed by atoms with E-state index >= 15 is 0 Å². The van der Waals surface area contributed by atoms with E-state index in [4.69, 9.17) is 9.47 Å². The van der Waals surface area contributed by atoms with Crippen molar-refractivity contribution < 1.29 is 9.47 Å². The van der Waals surface area contributed by atoms with Gasteiger partial charge in [0.1, 0.15) is 11.5 Å². The second kappa shape index (κ2) is 4.70. The Morgan fingerprint density at radius 2 is 1.86 bits per heavy atom. The number of hydrogen-bond acceptors (Lipinski definition) is 2. The van der Waals surface area contributed by atoms with Gasteiger partial charge < -0.3 is 9.47 Å². The van der Waals surface area contributed by atoms with E-state index in [9.17, 15) is 0 Å². The van der Waals surface area contributed by atoms with Gasteiger partial charge in [-0.25, -0.2) is 0 Å². The van der Waals surface area contributed by atoms with Crippen molar-refractivity contribution >= 4 is 6.08 Å². The van der Waals surface area contributed by atoms with E-state index in [-0.39, 0.29) is 0 Å². The molecule has 0 unspecified atom stereocenters. The van der Waals surface area contributed by atoms with Crippen LogP contribution >= 0.6 is 0 Å². The first-order chi connectivity index (χ1) is 6.72. The van der Waals surface area contributed by atoms with Crippen LogP contribution in [0.2, 0.25) is 0 Å². The van der Waals surface area contributed by atoms with Gasteiger partial charge in [0.15, 0.2) is 0 Å². The molecule has 0 heterocycles. The molecule has 0 spiro atoms. The molecule has 2 nitrogen and oxygen atoms in total. The maximum absolute atomic E-state index is 5.29. The summed E-state index contributed by atoms with van der Waals surface area (Å²) in [6.45, 7) is 4.03. The van der Waals surface area contributed by atoms with E-state index < -0.39 is 0 Å². The molecule has 1 aromatic rings. The summed E-state index contributed by atoms with van der Waals surface area (Å²) in [5, 5.41) is 0. The highest BCUT2D eigenvalue weighted by molar-refractivity contribution is 5.63. The Morgan fingerprint density at radius 1 is 1.14 bits per heavy atom. The van der Waals surface area contributed by atoms with Crippen molar-refractivity contribution in [2.45, 2.75) is 13.8 Å². The zero-order chi connectivity index (χ0) is 10.6. The van der Waals surface area contributed by atoms with Gasteiger partial charge in [-0.3, -0.25) is 0 Å². The fraction of sp³-hybridized carbons (Fsp3) is 0.333. The summed E-state index contributed by atoms with van der Waals surface area (Å²) in [7, 11) is 3.32. The Hall–Kier alpha value is -1.44. The smallest absolute Gasteiger partial charge is 0.130 e. The van der Waals surface area contributed by atoms with Crippen molar-refractivity contribution in [3.8, 4) is 11.5 Å². The van der Waals surface area contributed by atoms with E-state index in [1.807, 2.05) is 38.1 Å². The summed E-state index contributed by atoms with van der Waals surface area (Å²) in [6, 6.07) is 3.89. The van der Waals surface area contributed by atoms with Crippen molar-refractivity contribution in [1.82, 2.24) is 0 Å². The second-order valence-electron chi connectivity index (χ2n) is 3.06. The molecule has 0 bridgehead atoms. The lowest BCUT2D eigenvalue weighted by atomic mass is 10.1. The zero-order valence-corrected chi connectivity index (χ0v) is 9.13. The van der Waals surface area contributed by atoms with Gasteiger partial charge in [0.25, 0.3) is 0 Å². The van der Waals surface area contributed by atoms with Crippen LogP contribution in [0.1, 0.15) is 18.1 Å². The van der Waals surface area contributed by atoms with Crippen molar-refractivity contribution in [3.63, 3.8) is 0 Å². The van der Waals surface area contributed by atoms with Gasteiger partial charge in [-0.05, 0) is 25.5 Å². The molecule has 1 rings (SSSR count). The van der Waals surface area contributed by atoms with Crippen LogP contribution in [0, 0.1) is 6.92 Å². The molecule has 0 amide bonds. The van der Waals surface area contributed by atoms with Gasteiger partial charge in [-0.1, -0.05) is 12.2 Å². The van der Waals surface area contributed by atoms with Gasteiger partial charge in [0, 0.05) is 11.6 Å². The predicted octanol–water partition coefficient (Wildman–Crippen LogP) is 3.05. The van der Waals surface area contributed by atoms with Gasteiger partial charge in [-0.15, -0.1) is 0 Å². The summed E-state index contributed by atoms with van der Waals surface area (Å²) in [6.07, 6.45) is 4.03. The Balaban J connectivity index is 3.27. The summed E-state index contributed by atoms with van der Waals surface area (Å²) in [5.41, 5.74) is 2.26. The molecule has 0 atom stereocenters. The van der Waals surface area contributed by atoms with Crippen LogP contribution in [-0.2, 0) is 0 Å². The van der Waals surface area contributed by atoms with Crippen LogP contribution < -0.4 is 9.47 Å². The van der Waals surface area contributed by atoms with Crippen LogP contribution in [0.5, 0.6) is 11.5 Å². The first-order valence-corrected chi connectivity index (χ1v) is 4.58. The number of benzene rings is 1. The third-order valence-electron chi connectivity index (χ3n) is 2.11. The average molecular weight is 192 g/mol. The molecular formula is C12H16O2. The molecule has 0 aliphatic heterocycles. The lowest BCUT2D eigenvalue weighted by molar-refractivity contribution is 0.393. The molecule has 0 N–H and O–H groups in total. The van der Waals surface area contributed by atoms with Crippen molar-refractivity contribution in [3.05, 3.63) is 29.3 Å². The molecule has 0 aromatic heterocycles. The molecule has 0 fully saturated rings. The quantitative estimate of drug-likeness (QED) is 0.732. The third-order valence-corrected chi connectivity index (χ3v) is 2.11. The molecule has 0 aliphatic rings. The Morgan fingerprint density at radius 3 is 2.36 bits per heavy atom. The summed E-state index contributed by atoms with van der Waals surface area (Å²) < 4.78 is 10.5. The van der Waals surface area contributed by atoms with E-state index in [2.05, 4.69) is 0 Å². The number of rotatable bonds is 3. The molecule has 2 heteroatoms. The molecular weight excluding hydrogens is 176 g/mol. The van der Waals surface area contributed by atoms with E-state index in [0.29, 0.717) is 0 Å². The molecule has 76 valence electrons. The maximum atomic E-state index is 5.29. The molecule has 0 saturated heterocycles. The van der Waals surface area contributed by atoms with E-state index in [1.165, 1.54) is 0 Å². The predicted molar refractivity (Wildman–Crippen MR) is 59.0 cm³/mol. The number of methoxy groups -OCH3 is 2. The lowest BCUT2D eigenvalue weighted by Crippen LogP contribution is -1.92. The SMILES string of the molecule is C/C=C/c1c(C)cc(OC)cc1OC. The van der Waals surface area contributed by atoms with Crippen LogP contribution in [0.15, 0.2) is 18.2 Å². The first-order valence-electron chi connectivity index (χ1n) is 4.58. The van der Waals surface area contributed by atoms with Crippen LogP contribution in [-0.4, -0.2) is 14.2 Å². The van der Waals surface area contributed by atoms with Crippen LogP contribution in [0.3, 0.4) is 0 Å². The van der Waals surface area contributed by atoms with E-state index in [1.54, 1.807) is 14.2 Å². The fourth-order valence-corrected chi connectivity index (χ4v) is 1.40. The Kier molecular flexibility index (Phi) is 3.57. The first kappa shape index (κ1) is 10.6. The molecule has 0 radical (unpaired) electrons. The van der Waals surface area contributed by atoms with Crippen molar-refractivity contribution in [2.75, 3.05) is 14.2 Å². The van der Waals surface area contributed by atoms with Crippen LogP contribution in [0.25, 0.3) is 6.08 Å². The minimum absolute atomic E-state index is 0.826. The molecule has 0 aliphatic carbocycles. The number of allylic oxidation sites excluding steroid dienone is 1. The van der Waals surface area contributed by atoms with Gasteiger partial charge in [0.05, 0.1) is 14.2 Å². The van der Waals surface area contributed by atoms with Crippen molar-refractivity contribution in [2.24, 2.45) is 0 Å². The lowest BCUT2D eigenvalue weighted by Gasteiger charge is -2.10. The largest absolute Gasteiger partial charge is 0.497 e. The average Bonchev–Trinajstić information content (AvgIpc) is 2.20. The fourth-order valence-electron chi connectivity index (χ4n) is 1.40. The maximum Gasteiger partial charge on any atom is 0.130 e. The zero-order valence-electron chi connectivity index (χ0n) is 9.13. The highest BCUT2D eigenvalue weighted by Crippen LogP contribution is 2.29. The second-order valence-corrected chi connectivity index (χ2v) is 3.06. The monoisotopic (exact) mass is 192 g/mol. The Labute approximate surface area is 85.2 Å². The summed E-state index contributed by atoms with van der Waals surface area (Å²) in [5.74, 6) is 1.67. The van der Waals surface area contributed by atoms with Crippen LogP contribution in [0.4, 0.5) is 0 Å². The number of aryl methyl sites for hydroxylation is 1. The Bertz CT molecular complexity index is 340. The normalized spacial score (nSPS) is 10.6. The highest BCUT2D eigenvalue weighted by atomic mass is 16.5. The third kappa shape index (κ3) is 2.08.